The third-order valence-corrected chi connectivity index (χ3v) is 8.31. The largest absolute Gasteiger partial charge is 0.387 e. The lowest BCUT2D eigenvalue weighted by Gasteiger charge is -2.40. The minimum atomic E-state index is -0.514. The second-order valence-electron chi connectivity index (χ2n) is 10.5. The van der Waals surface area contributed by atoms with Gasteiger partial charge < -0.3 is 14.9 Å². The molecular weight excluding hydrogens is 462 g/mol. The number of nitrogens with zero attached hydrogens (tertiary/aromatic N) is 5. The third kappa shape index (κ3) is 4.66. The molecule has 0 radical (unpaired) electrons. The molecule has 35 heavy (non-hydrogen) atoms. The van der Waals surface area contributed by atoms with Crippen molar-refractivity contribution in [3.05, 3.63) is 52.4 Å². The molecular formula is C27H36ClN5O2. The van der Waals surface area contributed by atoms with Crippen LogP contribution >= 0.6 is 11.6 Å². The fourth-order valence-corrected chi connectivity index (χ4v) is 6.43. The molecule has 2 saturated heterocycles. The first-order valence-corrected chi connectivity index (χ1v) is 13.3. The number of aliphatic hydroxyl groups excluding tert-OH is 1. The highest BCUT2D eigenvalue weighted by atomic mass is 35.5. The Kier molecular flexibility index (Phi) is 7.02. The highest BCUT2D eigenvalue weighted by Gasteiger charge is 2.41. The molecule has 0 saturated carbocycles. The van der Waals surface area contributed by atoms with Gasteiger partial charge in [0.1, 0.15) is 12.1 Å². The number of aliphatic hydroxyl groups is 1. The van der Waals surface area contributed by atoms with Gasteiger partial charge in [-0.25, -0.2) is 9.97 Å². The number of carbonyl (C=O) groups excluding carboxylic acids is 1. The van der Waals surface area contributed by atoms with Gasteiger partial charge in [-0.15, -0.1) is 0 Å². The molecule has 2 unspecified atom stereocenters. The van der Waals surface area contributed by atoms with Crippen LogP contribution in [0.1, 0.15) is 74.8 Å². The number of hydrogen-bond donors (Lipinski definition) is 1. The van der Waals surface area contributed by atoms with E-state index in [0.717, 1.165) is 55.1 Å². The summed E-state index contributed by atoms with van der Waals surface area (Å²) >= 11 is 6.18. The Morgan fingerprint density at radius 1 is 1.09 bits per heavy atom. The molecule has 3 heterocycles. The Morgan fingerprint density at radius 2 is 1.80 bits per heavy atom. The van der Waals surface area contributed by atoms with Crippen molar-refractivity contribution in [3.8, 4) is 0 Å². The van der Waals surface area contributed by atoms with Gasteiger partial charge in [-0.05, 0) is 63.3 Å². The highest BCUT2D eigenvalue weighted by Crippen LogP contribution is 2.43. The molecule has 0 spiro atoms. The molecule has 2 aliphatic heterocycles. The van der Waals surface area contributed by atoms with Gasteiger partial charge in [0.25, 0.3) is 0 Å². The molecule has 4 atom stereocenters. The summed E-state index contributed by atoms with van der Waals surface area (Å²) in [4.78, 5) is 29.8. The Balaban J connectivity index is 1.35. The fraction of sp³-hybridized carbons (Fsp3) is 0.593. The number of halogens is 1. The van der Waals surface area contributed by atoms with Crippen LogP contribution in [0, 0.1) is 0 Å². The number of likely N-dealkylation sites (tertiary alicyclic amines) is 1. The quantitative estimate of drug-likeness (QED) is 0.673. The zero-order valence-electron chi connectivity index (χ0n) is 20.9. The van der Waals surface area contributed by atoms with Crippen LogP contribution in [0.2, 0.25) is 5.02 Å². The van der Waals surface area contributed by atoms with Gasteiger partial charge in [-0.1, -0.05) is 30.7 Å². The van der Waals surface area contributed by atoms with E-state index in [4.69, 9.17) is 11.6 Å². The second kappa shape index (κ2) is 10.0. The standard InChI is InChI=1S/C27H36ClN5O2/c1-17(2)33-10-4-5-21(33)24(19-6-8-20(28)9-7-19)27(35)32-13-11-31(12-14-32)26-23-18(3)15-22(34)25(23)29-16-30-26/h6-9,16-18,21-22,24,34H,4-5,10-15H2,1-3H3/t18-,21?,22-,24?/m1/s1. The Hall–Kier alpha value is -2.22. The summed E-state index contributed by atoms with van der Waals surface area (Å²) in [7, 11) is 0. The average Bonchev–Trinajstić information content (AvgIpc) is 3.45. The van der Waals surface area contributed by atoms with E-state index >= 15 is 0 Å². The molecule has 7 nitrogen and oxygen atoms in total. The minimum Gasteiger partial charge on any atom is -0.387 e. The number of hydrogen-bond acceptors (Lipinski definition) is 6. The molecule has 8 heteroatoms. The summed E-state index contributed by atoms with van der Waals surface area (Å²) in [5, 5.41) is 11.1. The molecule has 5 rings (SSSR count). The van der Waals surface area contributed by atoms with Crippen LogP contribution in [0.25, 0.3) is 0 Å². The van der Waals surface area contributed by atoms with Gasteiger partial charge in [0.2, 0.25) is 5.91 Å². The number of benzene rings is 1. The molecule has 1 aromatic heterocycles. The maximum Gasteiger partial charge on any atom is 0.231 e. The number of carbonyl (C=O) groups is 1. The second-order valence-corrected chi connectivity index (χ2v) is 11.0. The number of amides is 1. The van der Waals surface area contributed by atoms with E-state index in [2.05, 4.69) is 40.5 Å². The van der Waals surface area contributed by atoms with E-state index in [9.17, 15) is 9.90 Å². The van der Waals surface area contributed by atoms with Crippen LogP contribution < -0.4 is 4.90 Å². The molecule has 3 aliphatic rings. The zero-order valence-corrected chi connectivity index (χ0v) is 21.7. The Labute approximate surface area is 213 Å². The lowest BCUT2D eigenvalue weighted by molar-refractivity contribution is -0.134. The van der Waals surface area contributed by atoms with E-state index in [1.807, 2.05) is 29.2 Å². The third-order valence-electron chi connectivity index (χ3n) is 8.06. The van der Waals surface area contributed by atoms with E-state index in [-0.39, 0.29) is 23.8 Å². The maximum atomic E-state index is 14.1. The van der Waals surface area contributed by atoms with Gasteiger partial charge in [-0.2, -0.15) is 0 Å². The van der Waals surface area contributed by atoms with Crippen molar-refractivity contribution < 1.29 is 9.90 Å². The molecule has 2 aromatic rings. The number of aromatic nitrogens is 2. The van der Waals surface area contributed by atoms with Gasteiger partial charge in [0, 0.05) is 48.8 Å². The molecule has 1 N–H and O–H groups in total. The molecule has 2 fully saturated rings. The van der Waals surface area contributed by atoms with Crippen molar-refractivity contribution in [2.75, 3.05) is 37.6 Å². The minimum absolute atomic E-state index is 0.192. The molecule has 188 valence electrons. The lowest BCUT2D eigenvalue weighted by atomic mass is 9.87. The first-order valence-electron chi connectivity index (χ1n) is 12.9. The van der Waals surface area contributed by atoms with Crippen LogP contribution in [0.3, 0.4) is 0 Å². The SMILES string of the molecule is CC(C)N1CCCC1C(C(=O)N1CCN(c2ncnc3c2[C@H](C)C[C@H]3O)CC1)c1ccc(Cl)cc1. The number of anilines is 1. The Bertz CT molecular complexity index is 1050. The lowest BCUT2D eigenvalue weighted by Crippen LogP contribution is -2.53. The van der Waals surface area contributed by atoms with Crippen LogP contribution in [-0.2, 0) is 4.79 Å². The normalized spacial score (nSPS) is 25.8. The van der Waals surface area contributed by atoms with Gasteiger partial charge in [-0.3, -0.25) is 9.69 Å². The van der Waals surface area contributed by atoms with Gasteiger partial charge in [0.15, 0.2) is 0 Å². The predicted molar refractivity (Wildman–Crippen MR) is 138 cm³/mol. The average molecular weight is 498 g/mol. The smallest absolute Gasteiger partial charge is 0.231 e. The van der Waals surface area contributed by atoms with Crippen LogP contribution in [-0.4, -0.2) is 75.6 Å². The summed E-state index contributed by atoms with van der Waals surface area (Å²) in [5.41, 5.74) is 2.88. The van der Waals surface area contributed by atoms with E-state index < -0.39 is 6.10 Å². The van der Waals surface area contributed by atoms with E-state index in [1.165, 1.54) is 0 Å². The van der Waals surface area contributed by atoms with Gasteiger partial charge >= 0.3 is 0 Å². The summed E-state index contributed by atoms with van der Waals surface area (Å²) < 4.78 is 0. The molecule has 0 bridgehead atoms. The van der Waals surface area contributed by atoms with E-state index in [1.54, 1.807) is 6.33 Å². The van der Waals surface area contributed by atoms with E-state index in [0.29, 0.717) is 30.6 Å². The maximum absolute atomic E-state index is 14.1. The molecule has 1 aromatic carbocycles. The van der Waals surface area contributed by atoms with Crippen LogP contribution in [0.4, 0.5) is 5.82 Å². The first-order chi connectivity index (χ1) is 16.8. The van der Waals surface area contributed by atoms with Crippen LogP contribution in [0.5, 0.6) is 0 Å². The summed E-state index contributed by atoms with van der Waals surface area (Å²) in [6, 6.07) is 8.45. The van der Waals surface area contributed by atoms with Crippen molar-refractivity contribution in [2.24, 2.45) is 0 Å². The number of piperazine rings is 1. The summed E-state index contributed by atoms with van der Waals surface area (Å²) in [5.74, 6) is 1.17. The summed E-state index contributed by atoms with van der Waals surface area (Å²) in [6.07, 6.45) is 3.89. The van der Waals surface area contributed by atoms with Crippen molar-refractivity contribution in [2.45, 2.75) is 70.1 Å². The summed E-state index contributed by atoms with van der Waals surface area (Å²) in [6.45, 7) is 10.4. The Morgan fingerprint density at radius 3 is 2.49 bits per heavy atom. The van der Waals surface area contributed by atoms with Crippen molar-refractivity contribution in [1.29, 1.82) is 0 Å². The molecule has 1 aliphatic carbocycles. The zero-order chi connectivity index (χ0) is 24.7. The number of rotatable bonds is 5. The van der Waals surface area contributed by atoms with Gasteiger partial charge in [0.05, 0.1) is 17.7 Å². The fourth-order valence-electron chi connectivity index (χ4n) is 6.30. The monoisotopic (exact) mass is 497 g/mol. The first kappa shape index (κ1) is 24.5. The topological polar surface area (TPSA) is 72.8 Å². The highest BCUT2D eigenvalue weighted by molar-refractivity contribution is 6.30. The predicted octanol–water partition coefficient (Wildman–Crippen LogP) is 3.98. The van der Waals surface area contributed by atoms with Crippen molar-refractivity contribution >= 4 is 23.3 Å². The number of fused-ring (bicyclic) bond motifs is 1. The van der Waals surface area contributed by atoms with Crippen molar-refractivity contribution in [3.63, 3.8) is 0 Å². The van der Waals surface area contributed by atoms with Crippen LogP contribution in [0.15, 0.2) is 30.6 Å². The molecule has 1 amide bonds. The van der Waals surface area contributed by atoms with Crippen molar-refractivity contribution in [1.82, 2.24) is 19.8 Å².